The van der Waals surface area contributed by atoms with Crippen LogP contribution >= 0.6 is 11.8 Å². The van der Waals surface area contributed by atoms with Crippen LogP contribution in [0, 0.1) is 0 Å². The summed E-state index contributed by atoms with van der Waals surface area (Å²) >= 11 is 1.94. The summed E-state index contributed by atoms with van der Waals surface area (Å²) in [5, 5.41) is 6.60. The van der Waals surface area contributed by atoms with Gasteiger partial charge in [-0.25, -0.2) is 8.42 Å². The van der Waals surface area contributed by atoms with E-state index in [4.69, 9.17) is 4.99 Å². The van der Waals surface area contributed by atoms with Crippen LogP contribution < -0.4 is 10.6 Å². The van der Waals surface area contributed by atoms with Crippen molar-refractivity contribution in [3.05, 3.63) is 30.3 Å². The molecule has 1 heterocycles. The first-order valence-corrected chi connectivity index (χ1v) is 12.1. The lowest BCUT2D eigenvalue weighted by atomic mass is 10.1. The molecule has 0 spiro atoms. The summed E-state index contributed by atoms with van der Waals surface area (Å²) in [5.74, 6) is 1.23. The van der Waals surface area contributed by atoms with E-state index in [0.717, 1.165) is 19.0 Å². The molecule has 0 aromatic heterocycles. The second-order valence-corrected chi connectivity index (χ2v) is 11.0. The minimum absolute atomic E-state index is 0.0286. The van der Waals surface area contributed by atoms with Crippen molar-refractivity contribution in [1.82, 2.24) is 10.6 Å². The van der Waals surface area contributed by atoms with Crippen molar-refractivity contribution in [3.63, 3.8) is 0 Å². The predicted octanol–water partition coefficient (Wildman–Crippen LogP) is 2.83. The summed E-state index contributed by atoms with van der Waals surface area (Å²) < 4.78 is 23.5. The summed E-state index contributed by atoms with van der Waals surface area (Å²) in [6.45, 7) is 3.55. The number of guanidine groups is 1. The molecule has 2 N–H and O–H groups in total. The highest BCUT2D eigenvalue weighted by molar-refractivity contribution is 8.00. The van der Waals surface area contributed by atoms with Crippen LogP contribution in [-0.2, 0) is 9.84 Å². The van der Waals surface area contributed by atoms with Gasteiger partial charge in [0.2, 0.25) is 0 Å². The Labute approximate surface area is 161 Å². The van der Waals surface area contributed by atoms with Crippen LogP contribution in [0.25, 0.3) is 0 Å². The Hall–Kier alpha value is -1.21. The number of rotatable bonds is 6. The fourth-order valence-electron chi connectivity index (χ4n) is 3.70. The molecule has 5 nitrogen and oxygen atoms in total. The molecule has 2 aliphatic rings. The van der Waals surface area contributed by atoms with E-state index in [-0.39, 0.29) is 22.3 Å². The standard InChI is InChI=1S/C19H29N3O2S2/c1-2-20-18(22-16-10-13-26(23,24)14-16)21-15-19(11-6-7-12-19)25-17-8-4-3-5-9-17/h3-5,8-9,16H,2,6-7,10-15H2,1H3,(H2,20,21,22). The first-order valence-electron chi connectivity index (χ1n) is 9.50. The Balaban J connectivity index is 1.67. The Bertz CT molecular complexity index is 714. The molecule has 0 amide bonds. The van der Waals surface area contributed by atoms with Crippen LogP contribution in [-0.4, -0.2) is 49.8 Å². The number of hydrogen-bond acceptors (Lipinski definition) is 4. The molecule has 1 atom stereocenters. The quantitative estimate of drug-likeness (QED) is 0.572. The number of hydrogen-bond donors (Lipinski definition) is 2. The lowest BCUT2D eigenvalue weighted by Crippen LogP contribution is -2.44. The topological polar surface area (TPSA) is 70.6 Å². The zero-order chi connectivity index (χ0) is 18.5. The minimum Gasteiger partial charge on any atom is -0.357 e. The van der Waals surface area contributed by atoms with Gasteiger partial charge in [0, 0.05) is 22.2 Å². The van der Waals surface area contributed by atoms with E-state index < -0.39 is 9.84 Å². The molecule has 7 heteroatoms. The monoisotopic (exact) mass is 395 g/mol. The highest BCUT2D eigenvalue weighted by atomic mass is 32.2. The van der Waals surface area contributed by atoms with Crippen LogP contribution in [0.4, 0.5) is 0 Å². The normalized spacial score (nSPS) is 24.5. The zero-order valence-corrected chi connectivity index (χ0v) is 17.0. The molecular formula is C19H29N3O2S2. The summed E-state index contributed by atoms with van der Waals surface area (Å²) in [4.78, 5) is 6.15. The molecule has 144 valence electrons. The van der Waals surface area contributed by atoms with E-state index in [0.29, 0.717) is 6.42 Å². The van der Waals surface area contributed by atoms with Crippen molar-refractivity contribution in [2.24, 2.45) is 4.99 Å². The van der Waals surface area contributed by atoms with E-state index >= 15 is 0 Å². The average Bonchev–Trinajstić information content (AvgIpc) is 3.21. The Morgan fingerprint density at radius 3 is 2.62 bits per heavy atom. The van der Waals surface area contributed by atoms with Crippen LogP contribution in [0.15, 0.2) is 40.2 Å². The lowest BCUT2D eigenvalue weighted by Gasteiger charge is -2.27. The molecule has 26 heavy (non-hydrogen) atoms. The van der Waals surface area contributed by atoms with E-state index in [2.05, 4.69) is 34.9 Å². The van der Waals surface area contributed by atoms with Gasteiger partial charge in [-0.15, -0.1) is 11.8 Å². The second-order valence-electron chi connectivity index (χ2n) is 7.24. The number of nitrogens with zero attached hydrogens (tertiary/aromatic N) is 1. The van der Waals surface area contributed by atoms with Crippen LogP contribution in [0.2, 0.25) is 0 Å². The number of thioether (sulfide) groups is 1. The van der Waals surface area contributed by atoms with Crippen molar-refractivity contribution in [1.29, 1.82) is 0 Å². The Kier molecular flexibility index (Phi) is 6.51. The lowest BCUT2D eigenvalue weighted by molar-refractivity contribution is 0.597. The number of aliphatic imine (C=N–C) groups is 1. The molecule has 1 aromatic carbocycles. The first-order chi connectivity index (χ1) is 12.5. The van der Waals surface area contributed by atoms with E-state index in [1.807, 2.05) is 24.8 Å². The summed E-state index contributed by atoms with van der Waals surface area (Å²) in [7, 11) is -2.89. The molecule has 1 saturated carbocycles. The second kappa shape index (κ2) is 8.65. The van der Waals surface area contributed by atoms with Gasteiger partial charge in [-0.3, -0.25) is 4.99 Å². The average molecular weight is 396 g/mol. The zero-order valence-electron chi connectivity index (χ0n) is 15.4. The van der Waals surface area contributed by atoms with E-state index in [1.54, 1.807) is 0 Å². The molecule has 0 radical (unpaired) electrons. The van der Waals surface area contributed by atoms with Gasteiger partial charge in [0.25, 0.3) is 0 Å². The van der Waals surface area contributed by atoms with E-state index in [9.17, 15) is 8.42 Å². The number of sulfone groups is 1. The highest BCUT2D eigenvalue weighted by Gasteiger charge is 2.35. The highest BCUT2D eigenvalue weighted by Crippen LogP contribution is 2.45. The van der Waals surface area contributed by atoms with Gasteiger partial charge < -0.3 is 10.6 Å². The van der Waals surface area contributed by atoms with Gasteiger partial charge >= 0.3 is 0 Å². The summed E-state index contributed by atoms with van der Waals surface area (Å²) in [6, 6.07) is 10.5. The molecule has 1 saturated heterocycles. The SMILES string of the molecule is CCNC(=NCC1(Sc2ccccc2)CCCC1)NC1CCS(=O)(=O)C1. The number of benzene rings is 1. The van der Waals surface area contributed by atoms with Gasteiger partial charge in [0.05, 0.1) is 18.1 Å². The van der Waals surface area contributed by atoms with Crippen LogP contribution in [0.1, 0.15) is 39.0 Å². The summed E-state index contributed by atoms with van der Waals surface area (Å²) in [6.07, 6.45) is 5.51. The van der Waals surface area contributed by atoms with Gasteiger partial charge in [0.1, 0.15) is 0 Å². The van der Waals surface area contributed by atoms with Crippen LogP contribution in [0.5, 0.6) is 0 Å². The first kappa shape index (κ1) is 19.5. The van der Waals surface area contributed by atoms with E-state index in [1.165, 1.54) is 30.6 Å². The maximum atomic E-state index is 11.7. The maximum absolute atomic E-state index is 11.7. The third-order valence-electron chi connectivity index (χ3n) is 5.04. The molecule has 1 aromatic rings. The minimum atomic E-state index is -2.89. The summed E-state index contributed by atoms with van der Waals surface area (Å²) in [5.41, 5.74) is 0. The van der Waals surface area contributed by atoms with Crippen molar-refractivity contribution in [2.45, 2.75) is 54.7 Å². The molecule has 1 unspecified atom stereocenters. The molecule has 1 aliphatic heterocycles. The van der Waals surface area contributed by atoms with Crippen molar-refractivity contribution in [3.8, 4) is 0 Å². The molecule has 0 bridgehead atoms. The number of nitrogens with one attached hydrogen (secondary N) is 2. The molecule has 1 aliphatic carbocycles. The Morgan fingerprint density at radius 2 is 2.00 bits per heavy atom. The maximum Gasteiger partial charge on any atom is 0.191 e. The predicted molar refractivity (Wildman–Crippen MR) is 110 cm³/mol. The fourth-order valence-corrected chi connectivity index (χ4v) is 6.78. The van der Waals surface area contributed by atoms with Gasteiger partial charge in [0.15, 0.2) is 15.8 Å². The largest absolute Gasteiger partial charge is 0.357 e. The van der Waals surface area contributed by atoms with Gasteiger partial charge in [-0.2, -0.15) is 0 Å². The smallest absolute Gasteiger partial charge is 0.191 e. The van der Waals surface area contributed by atoms with Gasteiger partial charge in [-0.1, -0.05) is 31.0 Å². The van der Waals surface area contributed by atoms with Crippen molar-refractivity contribution >= 4 is 27.6 Å². The van der Waals surface area contributed by atoms with Crippen molar-refractivity contribution < 1.29 is 8.42 Å². The van der Waals surface area contributed by atoms with Crippen LogP contribution in [0.3, 0.4) is 0 Å². The van der Waals surface area contributed by atoms with Gasteiger partial charge in [-0.05, 0) is 38.3 Å². The molecular weight excluding hydrogens is 366 g/mol. The molecule has 2 fully saturated rings. The molecule has 3 rings (SSSR count). The Morgan fingerprint density at radius 1 is 1.27 bits per heavy atom. The fraction of sp³-hybridized carbons (Fsp3) is 0.632. The third-order valence-corrected chi connectivity index (χ3v) is 8.28. The third kappa shape index (κ3) is 5.39. The van der Waals surface area contributed by atoms with Crippen molar-refractivity contribution in [2.75, 3.05) is 24.6 Å².